The van der Waals surface area contributed by atoms with Gasteiger partial charge in [-0.25, -0.2) is 0 Å². The minimum Gasteiger partial charge on any atom is 0 e. The third kappa shape index (κ3) is 9.29. The first-order chi connectivity index (χ1) is 1.00. The maximum atomic E-state index is 3.56. The van der Waals surface area contributed by atoms with E-state index in [0.29, 0.717) is 0 Å². The molecule has 0 bridgehead atoms. The van der Waals surface area contributed by atoms with Gasteiger partial charge < -0.3 is 0 Å². The van der Waals surface area contributed by atoms with Crippen LogP contribution in [-0.2, 0) is 54.2 Å². The van der Waals surface area contributed by atoms with Crippen molar-refractivity contribution in [3.8, 4) is 0 Å². The number of hydrogen-bond acceptors (Lipinski definition) is 0. The van der Waals surface area contributed by atoms with Crippen molar-refractivity contribution in [1.82, 2.24) is 0 Å². The third-order valence-electron chi connectivity index (χ3n) is 0. The predicted molar refractivity (Wildman–Crippen MR) is 5.86 cm³/mol. The van der Waals surface area contributed by atoms with Crippen molar-refractivity contribution in [2.45, 2.75) is 5.86 Å². The monoisotopic (exact) mass is 310 g/mol. The maximum absolute atomic E-state index is 3.56. The second-order valence-electron chi connectivity index (χ2n) is 0. The van der Waals surface area contributed by atoms with Crippen molar-refractivity contribution >= 4 is 0 Å². The zero-order chi connectivity index (χ0) is 2.00. The molecule has 0 saturated carbocycles. The average molecular weight is 310 g/mol. The molecule has 0 amide bonds. The zero-order valence-corrected chi connectivity index (χ0v) is 7.40. The smallest absolute Gasteiger partial charge is 0 e. The molecule has 28 valence electrons. The van der Waals surface area contributed by atoms with Crippen LogP contribution in [0.4, 0.5) is 0 Å². The molecule has 0 aliphatic rings. The fourth-order valence-electron chi connectivity index (χ4n) is 0. The van der Waals surface area contributed by atoms with E-state index in [9.17, 15) is 0 Å². The van der Waals surface area contributed by atoms with Crippen LogP contribution in [0.2, 0.25) is 5.86 Å². The van der Waals surface area contributed by atoms with E-state index in [1.54, 1.807) is 5.86 Å². The van der Waals surface area contributed by atoms with E-state index in [2.05, 4.69) is 15.7 Å². The first-order valence-corrected chi connectivity index (χ1v) is 1.37. The van der Waals surface area contributed by atoms with Crippen molar-refractivity contribution in [2.24, 2.45) is 0 Å². The van der Waals surface area contributed by atoms with Crippen LogP contribution in [0.3, 0.4) is 0 Å². The zero-order valence-electron chi connectivity index (χ0n) is 2.15. The van der Waals surface area contributed by atoms with Crippen molar-refractivity contribution in [1.29, 1.82) is 0 Å². The molecule has 0 N–H and O–H groups in total. The Kier molecular flexibility index (Phi) is 94.7. The summed E-state index contributed by atoms with van der Waals surface area (Å²) in [5.74, 6) is 1.69. The van der Waals surface area contributed by atoms with Gasteiger partial charge in [0.2, 0.25) is 0 Å². The van der Waals surface area contributed by atoms with Crippen LogP contribution < -0.4 is 0 Å². The quantitative estimate of drug-likeness (QED) is 0.614. The molecule has 0 aliphatic heterocycles. The topological polar surface area (TPSA) is 0 Å². The molecule has 4 heavy (non-hydrogen) atoms. The minimum atomic E-state index is 0. The second-order valence-corrected chi connectivity index (χ2v) is 0. The van der Waals surface area contributed by atoms with Gasteiger partial charge in [0, 0.05) is 38.4 Å². The van der Waals surface area contributed by atoms with Crippen LogP contribution in [0.1, 0.15) is 0 Å². The minimum absolute atomic E-state index is 0. The van der Waals surface area contributed by atoms with E-state index in [1.807, 2.05) is 0 Å². The summed E-state index contributed by atoms with van der Waals surface area (Å²) in [7, 11) is 0. The average Bonchev–Trinajstić information content (AvgIpc) is 1.00. The van der Waals surface area contributed by atoms with Gasteiger partial charge in [-0.15, -0.1) is 0 Å². The summed E-state index contributed by atoms with van der Waals surface area (Å²) in [5, 5.41) is 0. The second kappa shape index (κ2) is 22.0. The molecule has 3 heteroatoms. The summed E-state index contributed by atoms with van der Waals surface area (Å²) in [6, 6.07) is 0. The van der Waals surface area contributed by atoms with Gasteiger partial charge in [0.05, 0.1) is 0 Å². The van der Waals surface area contributed by atoms with Gasteiger partial charge in [0.25, 0.3) is 0 Å². The molecule has 0 aliphatic carbocycles. The summed E-state index contributed by atoms with van der Waals surface area (Å²) in [5.41, 5.74) is 0. The van der Waals surface area contributed by atoms with Gasteiger partial charge in [-0.3, -0.25) is 0 Å². The third-order valence-corrected chi connectivity index (χ3v) is 0. The van der Waals surface area contributed by atoms with Crippen molar-refractivity contribution in [2.75, 3.05) is 0 Å². The molecular weight excluding hydrogens is 307 g/mol. The van der Waals surface area contributed by atoms with E-state index in [4.69, 9.17) is 0 Å². The van der Waals surface area contributed by atoms with Crippen LogP contribution in [0.15, 0.2) is 0 Å². The first-order valence-electron chi connectivity index (χ1n) is 0.333. The van der Waals surface area contributed by atoms with Gasteiger partial charge in [0.1, 0.15) is 0 Å². The SMILES string of the molecule is [CH3][Co].[Cr].[W]. The normalized spacial score (nSPS) is 1.75. The first kappa shape index (κ1) is 17.2. The Morgan fingerprint density at radius 3 is 1.25 bits per heavy atom. The van der Waals surface area contributed by atoms with Gasteiger partial charge in [-0.1, -0.05) is 0 Å². The molecular formula is CH3CoCrW. The van der Waals surface area contributed by atoms with E-state index < -0.39 is 0 Å². The molecule has 0 unspecified atom stereocenters. The molecule has 0 nitrogen and oxygen atoms in total. The Morgan fingerprint density at radius 2 is 1.25 bits per heavy atom. The fraction of sp³-hybridized carbons (Fsp3) is 1.00. The molecule has 0 fully saturated rings. The van der Waals surface area contributed by atoms with Crippen LogP contribution in [0.5, 0.6) is 0 Å². The van der Waals surface area contributed by atoms with Gasteiger partial charge in [-0.05, 0) is 0 Å². The summed E-state index contributed by atoms with van der Waals surface area (Å²) in [4.78, 5) is 0. The van der Waals surface area contributed by atoms with Crippen LogP contribution in [0.25, 0.3) is 0 Å². The fourth-order valence-corrected chi connectivity index (χ4v) is 0. The molecule has 0 aromatic carbocycles. The Bertz CT molecular complexity index is 8.00. The maximum Gasteiger partial charge on any atom is 0 e. The van der Waals surface area contributed by atoms with Gasteiger partial charge in [0.15, 0.2) is 0 Å². The van der Waals surface area contributed by atoms with Gasteiger partial charge >= 0.3 is 21.6 Å². The molecule has 0 aromatic heterocycles. The Hall–Kier alpha value is 1.73. The summed E-state index contributed by atoms with van der Waals surface area (Å²) >= 11 is 3.56. The van der Waals surface area contributed by atoms with Crippen LogP contribution in [0, 0.1) is 0 Å². The van der Waals surface area contributed by atoms with E-state index in [0.717, 1.165) is 0 Å². The Morgan fingerprint density at radius 1 is 1.25 bits per heavy atom. The molecule has 0 aromatic rings. The molecule has 0 heterocycles. The number of rotatable bonds is 0. The Labute approximate surface area is 59.7 Å². The molecule has 0 radical (unpaired) electrons. The predicted octanol–water partition coefficient (Wildman–Crippen LogP) is 0.576. The van der Waals surface area contributed by atoms with Crippen LogP contribution in [-0.4, -0.2) is 0 Å². The van der Waals surface area contributed by atoms with Crippen molar-refractivity contribution < 1.29 is 54.2 Å². The summed E-state index contributed by atoms with van der Waals surface area (Å²) in [6.07, 6.45) is 0. The Balaban J connectivity index is -0.00000000500. The summed E-state index contributed by atoms with van der Waals surface area (Å²) in [6.45, 7) is 0. The number of hydrogen-bond donors (Lipinski definition) is 0. The molecule has 0 saturated heterocycles. The van der Waals surface area contributed by atoms with E-state index in [-0.39, 0.29) is 38.4 Å². The van der Waals surface area contributed by atoms with Gasteiger partial charge in [-0.2, -0.15) is 0 Å². The molecule has 0 spiro atoms. The standard InChI is InChI=1S/CH3.Co.Cr.W/h1H3;;;. The largest absolute Gasteiger partial charge is 0 e. The van der Waals surface area contributed by atoms with Crippen molar-refractivity contribution in [3.63, 3.8) is 0 Å². The van der Waals surface area contributed by atoms with Crippen LogP contribution >= 0.6 is 0 Å². The molecule has 0 atom stereocenters. The summed E-state index contributed by atoms with van der Waals surface area (Å²) < 4.78 is 0. The van der Waals surface area contributed by atoms with E-state index >= 15 is 0 Å². The van der Waals surface area contributed by atoms with E-state index in [1.165, 1.54) is 0 Å². The van der Waals surface area contributed by atoms with Crippen molar-refractivity contribution in [3.05, 3.63) is 0 Å². The molecule has 0 rings (SSSR count).